The molecule has 19 heavy (non-hydrogen) atoms. The minimum atomic E-state index is -0.769. The van der Waals surface area contributed by atoms with Crippen LogP contribution in [0.3, 0.4) is 0 Å². The van der Waals surface area contributed by atoms with E-state index in [1.165, 1.54) is 0 Å². The van der Waals surface area contributed by atoms with E-state index in [-0.39, 0.29) is 18.5 Å². The van der Waals surface area contributed by atoms with Gasteiger partial charge in [-0.15, -0.1) is 11.8 Å². The summed E-state index contributed by atoms with van der Waals surface area (Å²) < 4.78 is 5.18. The van der Waals surface area contributed by atoms with Crippen LogP contribution in [0.2, 0.25) is 0 Å². The summed E-state index contributed by atoms with van der Waals surface area (Å²) in [5.74, 6) is 2.13. The fraction of sp³-hybridized carbons (Fsp3) is 0.462. The van der Waals surface area contributed by atoms with Gasteiger partial charge in [0, 0.05) is 23.7 Å². The Kier molecular flexibility index (Phi) is 5.07. The maximum Gasteiger partial charge on any atom is 0.238 e. The van der Waals surface area contributed by atoms with E-state index in [0.717, 1.165) is 11.6 Å². The van der Waals surface area contributed by atoms with Crippen molar-refractivity contribution >= 4 is 17.7 Å². The molecule has 1 heterocycles. The first kappa shape index (κ1) is 14.2. The van der Waals surface area contributed by atoms with Gasteiger partial charge in [0.2, 0.25) is 5.91 Å². The second-order valence-electron chi connectivity index (χ2n) is 4.27. The van der Waals surface area contributed by atoms with Crippen LogP contribution in [0.5, 0.6) is 5.75 Å². The van der Waals surface area contributed by atoms with Gasteiger partial charge in [0.25, 0.3) is 0 Å². The van der Waals surface area contributed by atoms with Crippen molar-refractivity contribution in [1.82, 2.24) is 10.6 Å². The van der Waals surface area contributed by atoms with E-state index in [1.54, 1.807) is 31.0 Å². The molecule has 3 N–H and O–H groups in total. The van der Waals surface area contributed by atoms with Crippen LogP contribution >= 0.6 is 11.8 Å². The molecule has 1 aliphatic rings. The first-order chi connectivity index (χ1) is 9.22. The lowest BCUT2D eigenvalue weighted by Gasteiger charge is -2.16. The molecule has 0 spiro atoms. The summed E-state index contributed by atoms with van der Waals surface area (Å²) in [6, 6.07) is 7.09. The van der Waals surface area contributed by atoms with Crippen molar-refractivity contribution in [2.75, 3.05) is 25.3 Å². The van der Waals surface area contributed by atoms with E-state index in [9.17, 15) is 9.90 Å². The highest BCUT2D eigenvalue weighted by Crippen LogP contribution is 2.24. The highest BCUT2D eigenvalue weighted by atomic mass is 32.2. The molecule has 1 aromatic carbocycles. The number of hydrogen-bond acceptors (Lipinski definition) is 5. The fourth-order valence-corrected chi connectivity index (χ4v) is 2.88. The smallest absolute Gasteiger partial charge is 0.238 e. The molecule has 0 radical (unpaired) electrons. The van der Waals surface area contributed by atoms with Crippen LogP contribution in [0, 0.1) is 0 Å². The number of thioether (sulfide) groups is 1. The number of amides is 1. The summed E-state index contributed by atoms with van der Waals surface area (Å²) >= 11 is 1.69. The number of benzene rings is 1. The number of aliphatic hydroxyl groups is 1. The van der Waals surface area contributed by atoms with Gasteiger partial charge in [0.05, 0.1) is 19.3 Å². The van der Waals surface area contributed by atoms with Crippen LogP contribution in [0.15, 0.2) is 24.3 Å². The van der Waals surface area contributed by atoms with Gasteiger partial charge in [0.1, 0.15) is 5.75 Å². The first-order valence-corrected chi connectivity index (χ1v) is 7.27. The molecule has 1 saturated heterocycles. The van der Waals surface area contributed by atoms with Crippen molar-refractivity contribution in [2.45, 2.75) is 12.1 Å². The zero-order chi connectivity index (χ0) is 13.7. The summed E-state index contributed by atoms with van der Waals surface area (Å²) in [6.07, 6.45) is -0.769. The van der Waals surface area contributed by atoms with Crippen LogP contribution in [0.25, 0.3) is 0 Å². The maximum absolute atomic E-state index is 11.8. The predicted molar refractivity (Wildman–Crippen MR) is 75.2 cm³/mol. The quantitative estimate of drug-likeness (QED) is 0.734. The maximum atomic E-state index is 11.8. The highest BCUT2D eigenvalue weighted by Gasteiger charge is 2.23. The molecular weight excluding hydrogens is 264 g/mol. The zero-order valence-corrected chi connectivity index (χ0v) is 11.6. The molecule has 1 aromatic rings. The Morgan fingerprint density at radius 3 is 3.11 bits per heavy atom. The SMILES string of the molecule is COc1ccccc1C(O)CNC(=O)[C@H]1CSCN1. The van der Waals surface area contributed by atoms with Gasteiger partial charge in [-0.2, -0.15) is 0 Å². The van der Waals surface area contributed by atoms with Crippen LogP contribution < -0.4 is 15.4 Å². The molecule has 0 bridgehead atoms. The number of nitrogens with one attached hydrogen (secondary N) is 2. The minimum Gasteiger partial charge on any atom is -0.496 e. The van der Waals surface area contributed by atoms with Crippen molar-refractivity contribution < 1.29 is 14.6 Å². The number of ether oxygens (including phenoxy) is 1. The summed E-state index contributed by atoms with van der Waals surface area (Å²) in [6.45, 7) is 0.183. The lowest BCUT2D eigenvalue weighted by molar-refractivity contribution is -0.122. The summed E-state index contributed by atoms with van der Waals surface area (Å²) in [5, 5.41) is 15.9. The molecule has 2 atom stereocenters. The van der Waals surface area contributed by atoms with Gasteiger partial charge in [-0.25, -0.2) is 0 Å². The summed E-state index contributed by atoms with van der Waals surface area (Å²) in [5.41, 5.74) is 0.680. The zero-order valence-electron chi connectivity index (χ0n) is 10.8. The third kappa shape index (κ3) is 3.62. The lowest BCUT2D eigenvalue weighted by atomic mass is 10.1. The van der Waals surface area contributed by atoms with E-state index >= 15 is 0 Å². The lowest BCUT2D eigenvalue weighted by Crippen LogP contribution is -2.43. The topological polar surface area (TPSA) is 70.6 Å². The number of aliphatic hydroxyl groups excluding tert-OH is 1. The number of methoxy groups -OCH3 is 1. The molecule has 1 amide bonds. The number of para-hydroxylation sites is 1. The molecule has 2 rings (SSSR count). The first-order valence-electron chi connectivity index (χ1n) is 6.12. The molecule has 1 fully saturated rings. The molecule has 6 heteroatoms. The fourth-order valence-electron chi connectivity index (χ4n) is 1.94. The van der Waals surface area contributed by atoms with Crippen molar-refractivity contribution in [2.24, 2.45) is 0 Å². The van der Waals surface area contributed by atoms with E-state index in [0.29, 0.717) is 11.3 Å². The Hall–Kier alpha value is -1.24. The molecule has 5 nitrogen and oxygen atoms in total. The normalized spacial score (nSPS) is 20.0. The average molecular weight is 282 g/mol. The van der Waals surface area contributed by atoms with Crippen molar-refractivity contribution in [3.63, 3.8) is 0 Å². The molecular formula is C13H18N2O3S. The van der Waals surface area contributed by atoms with Gasteiger partial charge < -0.3 is 15.2 Å². The van der Waals surface area contributed by atoms with E-state index in [2.05, 4.69) is 10.6 Å². The Balaban J connectivity index is 1.89. The second-order valence-corrected chi connectivity index (χ2v) is 5.30. The molecule has 0 aliphatic carbocycles. The Labute approximate surface area is 116 Å². The van der Waals surface area contributed by atoms with Gasteiger partial charge in [-0.05, 0) is 6.07 Å². The largest absolute Gasteiger partial charge is 0.496 e. The Bertz CT molecular complexity index is 436. The standard InChI is InChI=1S/C13H18N2O3S/c1-18-12-5-3-2-4-9(12)11(16)6-14-13(17)10-7-19-8-15-10/h2-5,10-11,15-16H,6-8H2,1H3,(H,14,17)/t10-,11?/m1/s1. The molecule has 1 unspecified atom stereocenters. The highest BCUT2D eigenvalue weighted by molar-refractivity contribution is 7.99. The van der Waals surface area contributed by atoms with Crippen LogP contribution in [-0.2, 0) is 4.79 Å². The van der Waals surface area contributed by atoms with Crippen LogP contribution in [0.4, 0.5) is 0 Å². The molecule has 0 aromatic heterocycles. The number of rotatable bonds is 5. The van der Waals surface area contributed by atoms with Gasteiger partial charge in [0.15, 0.2) is 0 Å². The summed E-state index contributed by atoms with van der Waals surface area (Å²) in [4.78, 5) is 11.8. The molecule has 104 valence electrons. The van der Waals surface area contributed by atoms with Gasteiger partial charge >= 0.3 is 0 Å². The summed E-state index contributed by atoms with van der Waals surface area (Å²) in [7, 11) is 1.56. The van der Waals surface area contributed by atoms with E-state index in [1.807, 2.05) is 12.1 Å². The monoisotopic (exact) mass is 282 g/mol. The second kappa shape index (κ2) is 6.79. The number of carbonyl (C=O) groups is 1. The minimum absolute atomic E-state index is 0.0704. The van der Waals surface area contributed by atoms with Crippen molar-refractivity contribution in [3.8, 4) is 5.75 Å². The van der Waals surface area contributed by atoms with Gasteiger partial charge in [-0.3, -0.25) is 10.1 Å². The van der Waals surface area contributed by atoms with E-state index < -0.39 is 6.10 Å². The van der Waals surface area contributed by atoms with Crippen LogP contribution in [0.1, 0.15) is 11.7 Å². The third-order valence-corrected chi connectivity index (χ3v) is 3.94. The van der Waals surface area contributed by atoms with E-state index in [4.69, 9.17) is 4.74 Å². The predicted octanol–water partition coefficient (Wildman–Crippen LogP) is 0.507. The Morgan fingerprint density at radius 1 is 1.63 bits per heavy atom. The third-order valence-electron chi connectivity index (χ3n) is 3.00. The number of carbonyl (C=O) groups excluding carboxylic acids is 1. The van der Waals surface area contributed by atoms with Gasteiger partial charge in [-0.1, -0.05) is 18.2 Å². The van der Waals surface area contributed by atoms with Crippen molar-refractivity contribution in [1.29, 1.82) is 0 Å². The Morgan fingerprint density at radius 2 is 2.42 bits per heavy atom. The van der Waals surface area contributed by atoms with Crippen molar-refractivity contribution in [3.05, 3.63) is 29.8 Å². The molecule has 1 aliphatic heterocycles. The van der Waals surface area contributed by atoms with Crippen LogP contribution in [-0.4, -0.2) is 42.3 Å². The number of hydrogen-bond donors (Lipinski definition) is 3. The average Bonchev–Trinajstić information content (AvgIpc) is 2.98. The molecule has 0 saturated carbocycles.